The maximum Gasteiger partial charge on any atom is 0.335 e. The molecule has 0 amide bonds. The van der Waals surface area contributed by atoms with Gasteiger partial charge in [-0.3, -0.25) is 0 Å². The van der Waals surface area contributed by atoms with Crippen LogP contribution in [0.2, 0.25) is 0 Å². The average Bonchev–Trinajstić information content (AvgIpc) is 3.35. The second kappa shape index (κ2) is 11.4. The van der Waals surface area contributed by atoms with E-state index in [1.807, 2.05) is 0 Å². The van der Waals surface area contributed by atoms with Gasteiger partial charge in [-0.25, -0.2) is 14.4 Å². The Hall–Kier alpha value is -3.95. The van der Waals surface area contributed by atoms with E-state index in [0.717, 1.165) is 12.3 Å². The van der Waals surface area contributed by atoms with Crippen LogP contribution in [0.25, 0.3) is 6.08 Å². The molecular weight excluding hydrogens is 524 g/mol. The highest BCUT2D eigenvalue weighted by molar-refractivity contribution is 5.91. The predicted molar refractivity (Wildman–Crippen MR) is 125 cm³/mol. The third-order valence-electron chi connectivity index (χ3n) is 6.64. The molecule has 0 aromatic heterocycles. The molecule has 2 heterocycles. The van der Waals surface area contributed by atoms with Crippen LogP contribution in [-0.2, 0) is 33.3 Å². The highest BCUT2D eigenvalue weighted by atomic mass is 16.8. The number of hydrogen-bond donors (Lipinski definition) is 7. The zero-order chi connectivity index (χ0) is 28.4. The van der Waals surface area contributed by atoms with Crippen molar-refractivity contribution in [3.8, 4) is 11.5 Å². The summed E-state index contributed by atoms with van der Waals surface area (Å²) in [6, 6.07) is 3.85. The molecule has 14 nitrogen and oxygen atoms in total. The molecule has 3 aliphatic rings. The van der Waals surface area contributed by atoms with Crippen molar-refractivity contribution in [1.29, 1.82) is 0 Å². The highest BCUT2D eigenvalue weighted by Crippen LogP contribution is 2.44. The van der Waals surface area contributed by atoms with Crippen molar-refractivity contribution >= 4 is 24.0 Å². The molecule has 0 saturated carbocycles. The number of carbonyl (C=O) groups is 3. The van der Waals surface area contributed by atoms with Crippen LogP contribution >= 0.6 is 0 Å². The first kappa shape index (κ1) is 28.1. The lowest BCUT2D eigenvalue weighted by atomic mass is 9.83. The maximum absolute atomic E-state index is 12.1. The molecule has 0 bridgehead atoms. The van der Waals surface area contributed by atoms with Crippen LogP contribution in [0.4, 0.5) is 0 Å². The second-order valence-electron chi connectivity index (χ2n) is 9.08. The molecule has 4 rings (SSSR count). The van der Waals surface area contributed by atoms with E-state index < -0.39 is 79.1 Å². The van der Waals surface area contributed by atoms with E-state index in [-0.39, 0.29) is 23.3 Å². The van der Waals surface area contributed by atoms with Crippen LogP contribution < -0.4 is 0 Å². The Morgan fingerprint density at radius 2 is 1.67 bits per heavy atom. The van der Waals surface area contributed by atoms with Crippen molar-refractivity contribution in [1.82, 2.24) is 0 Å². The van der Waals surface area contributed by atoms with Crippen LogP contribution in [0, 0.1) is 11.8 Å². The van der Waals surface area contributed by atoms with E-state index in [1.54, 1.807) is 0 Å². The number of fused-ring (bicyclic) bond motifs is 1. The minimum absolute atomic E-state index is 0.0962. The molecule has 0 radical (unpaired) electrons. The lowest BCUT2D eigenvalue weighted by molar-refractivity contribution is -0.339. The molecule has 7 N–H and O–H groups in total. The van der Waals surface area contributed by atoms with Gasteiger partial charge >= 0.3 is 17.9 Å². The van der Waals surface area contributed by atoms with Gasteiger partial charge in [0.15, 0.2) is 17.8 Å². The number of carboxylic acid groups (broad SMARTS) is 2. The summed E-state index contributed by atoms with van der Waals surface area (Å²) in [5.74, 6) is -6.09. The summed E-state index contributed by atoms with van der Waals surface area (Å²) in [6.07, 6.45) is -5.16. The number of aliphatic carboxylic acids is 2. The number of carboxylic acids is 2. The number of aliphatic hydroxyl groups is 3. The third-order valence-corrected chi connectivity index (χ3v) is 6.64. The van der Waals surface area contributed by atoms with Gasteiger partial charge in [-0.05, 0) is 30.2 Å². The Balaban J connectivity index is 1.42. The van der Waals surface area contributed by atoms with E-state index in [2.05, 4.69) is 0 Å². The molecule has 1 aromatic carbocycles. The summed E-state index contributed by atoms with van der Waals surface area (Å²) in [4.78, 5) is 35.4. The lowest BCUT2D eigenvalue weighted by Crippen LogP contribution is -2.60. The number of rotatable bonds is 8. The van der Waals surface area contributed by atoms with Crippen molar-refractivity contribution in [3.63, 3.8) is 0 Å². The van der Waals surface area contributed by atoms with E-state index in [9.17, 15) is 50.1 Å². The minimum atomic E-state index is -1.82. The first-order valence-electron chi connectivity index (χ1n) is 11.7. The smallest absolute Gasteiger partial charge is 0.335 e. The van der Waals surface area contributed by atoms with Crippen molar-refractivity contribution < 1.29 is 69.1 Å². The van der Waals surface area contributed by atoms with Gasteiger partial charge in [0, 0.05) is 17.6 Å². The Labute approximate surface area is 220 Å². The van der Waals surface area contributed by atoms with Crippen LogP contribution in [-0.4, -0.2) is 97.3 Å². The lowest BCUT2D eigenvalue weighted by Gasteiger charge is -2.42. The van der Waals surface area contributed by atoms with Crippen LogP contribution in [0.3, 0.4) is 0 Å². The number of benzene rings is 1. The highest BCUT2D eigenvalue weighted by Gasteiger charge is 2.51. The molecule has 1 aliphatic carbocycles. The molecule has 0 spiro atoms. The molecule has 8 atom stereocenters. The number of aromatic hydroxyl groups is 2. The number of esters is 1. The van der Waals surface area contributed by atoms with Gasteiger partial charge in [-0.2, -0.15) is 0 Å². The maximum atomic E-state index is 12.1. The van der Waals surface area contributed by atoms with E-state index in [1.165, 1.54) is 30.4 Å². The molecule has 2 aliphatic heterocycles. The largest absolute Gasteiger partial charge is 0.504 e. The van der Waals surface area contributed by atoms with Gasteiger partial charge < -0.3 is 54.7 Å². The molecule has 1 aromatic rings. The average molecular weight is 550 g/mol. The molecule has 14 heteroatoms. The number of carbonyl (C=O) groups excluding carboxylic acids is 1. The van der Waals surface area contributed by atoms with Gasteiger partial charge in [-0.1, -0.05) is 12.1 Å². The fourth-order valence-corrected chi connectivity index (χ4v) is 4.60. The number of aliphatic hydroxyl groups excluding tert-OH is 3. The topological polar surface area (TPSA) is 230 Å². The quantitative estimate of drug-likeness (QED) is 0.122. The monoisotopic (exact) mass is 550 g/mol. The van der Waals surface area contributed by atoms with Crippen LogP contribution in [0.15, 0.2) is 47.8 Å². The summed E-state index contributed by atoms with van der Waals surface area (Å²) >= 11 is 0. The Morgan fingerprint density at radius 1 is 0.949 bits per heavy atom. The standard InChI is InChI=1S/C25H26O14/c26-14-5-1-10(7-15(14)27)2-6-17(28)36-9-16-19(29)20(30)21(31)25(38-16)39-24-18-11(3-4-12(18)22(32)33)13(8-37-24)23(34)35/h1-2,4-8,11,16,18-21,24-27,29-31H,3,9H2,(H,32,33)(H,34,35)/b6-2+/t11-,16-,18+,19-,20+,21-,24+,25+/m1/s1. The number of allylic oxidation sites excluding steroid dienone is 1. The molecule has 1 fully saturated rings. The van der Waals surface area contributed by atoms with Gasteiger partial charge in [-0.15, -0.1) is 0 Å². The van der Waals surface area contributed by atoms with Gasteiger partial charge in [0.1, 0.15) is 31.0 Å². The van der Waals surface area contributed by atoms with Crippen molar-refractivity contribution in [2.75, 3.05) is 6.61 Å². The van der Waals surface area contributed by atoms with E-state index in [0.29, 0.717) is 5.56 Å². The van der Waals surface area contributed by atoms with E-state index in [4.69, 9.17) is 18.9 Å². The summed E-state index contributed by atoms with van der Waals surface area (Å²) in [7, 11) is 0. The number of ether oxygens (including phenoxy) is 4. The van der Waals surface area contributed by atoms with Crippen molar-refractivity contribution in [2.24, 2.45) is 11.8 Å². The fourth-order valence-electron chi connectivity index (χ4n) is 4.60. The summed E-state index contributed by atoms with van der Waals surface area (Å²) < 4.78 is 21.6. The van der Waals surface area contributed by atoms with Gasteiger partial charge in [0.25, 0.3) is 0 Å². The number of phenols is 2. The van der Waals surface area contributed by atoms with Crippen molar-refractivity contribution in [3.05, 3.63) is 53.3 Å². The molecular formula is C25H26O14. The fraction of sp³-hybridized carbons (Fsp3) is 0.400. The van der Waals surface area contributed by atoms with Crippen molar-refractivity contribution in [2.45, 2.75) is 43.4 Å². The number of hydrogen-bond acceptors (Lipinski definition) is 12. The predicted octanol–water partition coefficient (Wildman–Crippen LogP) is -0.550. The van der Waals surface area contributed by atoms with Crippen LogP contribution in [0.5, 0.6) is 11.5 Å². The zero-order valence-electron chi connectivity index (χ0n) is 20.1. The minimum Gasteiger partial charge on any atom is -0.504 e. The summed E-state index contributed by atoms with van der Waals surface area (Å²) in [5.41, 5.74) is 0.0611. The van der Waals surface area contributed by atoms with Gasteiger partial charge in [0.2, 0.25) is 6.29 Å². The Morgan fingerprint density at radius 3 is 2.33 bits per heavy atom. The normalized spacial score (nSPS) is 32.1. The zero-order valence-corrected chi connectivity index (χ0v) is 20.1. The molecule has 210 valence electrons. The molecule has 1 saturated heterocycles. The number of phenolic OH excluding ortho intramolecular Hbond substituents is 2. The first-order valence-corrected chi connectivity index (χ1v) is 11.7. The Bertz CT molecular complexity index is 1220. The first-order chi connectivity index (χ1) is 18.5. The summed E-state index contributed by atoms with van der Waals surface area (Å²) in [5, 5.41) is 68.9. The Kier molecular flexibility index (Phi) is 8.22. The van der Waals surface area contributed by atoms with Crippen LogP contribution in [0.1, 0.15) is 12.0 Å². The van der Waals surface area contributed by atoms with E-state index >= 15 is 0 Å². The second-order valence-corrected chi connectivity index (χ2v) is 9.08. The molecule has 0 unspecified atom stereocenters. The summed E-state index contributed by atoms with van der Waals surface area (Å²) in [6.45, 7) is -0.588. The molecule has 39 heavy (non-hydrogen) atoms. The van der Waals surface area contributed by atoms with Gasteiger partial charge in [0.05, 0.1) is 17.8 Å². The SMILES string of the molecule is O=C(/C=C/c1ccc(O)c(O)c1)OC[C@H]1O[C@@H](O[C@@H]2OC=C(C(=O)O)[C@H]3CC=C(C(=O)O)[C@@H]23)[C@H](O)[C@@H](O)[C@@H]1O. The third kappa shape index (κ3) is 5.89.